The van der Waals surface area contributed by atoms with E-state index in [0.717, 1.165) is 19.6 Å². The molecule has 1 saturated heterocycles. The van der Waals surface area contributed by atoms with Crippen molar-refractivity contribution in [1.82, 2.24) is 15.1 Å². The maximum Gasteiger partial charge on any atom is 0.239 e. The molecule has 106 valence electrons. The molecule has 18 heavy (non-hydrogen) atoms. The molecule has 0 aromatic rings. The summed E-state index contributed by atoms with van der Waals surface area (Å²) in [6.45, 7) is 9.55. The van der Waals surface area contributed by atoms with Crippen molar-refractivity contribution in [3.05, 3.63) is 0 Å². The van der Waals surface area contributed by atoms with Gasteiger partial charge >= 0.3 is 0 Å². The largest absolute Gasteiger partial charge is 0.347 e. The van der Waals surface area contributed by atoms with Gasteiger partial charge in [0.25, 0.3) is 0 Å². The first kappa shape index (κ1) is 15.4. The highest BCUT2D eigenvalue weighted by atomic mass is 16.2. The Labute approximate surface area is 112 Å². The van der Waals surface area contributed by atoms with Gasteiger partial charge in [-0.25, -0.2) is 0 Å². The Morgan fingerprint density at radius 1 is 1.39 bits per heavy atom. The smallest absolute Gasteiger partial charge is 0.239 e. The molecule has 0 saturated carbocycles. The molecule has 0 aromatic carbocycles. The van der Waals surface area contributed by atoms with Crippen LogP contribution >= 0.6 is 0 Å². The second kappa shape index (κ2) is 7.10. The molecule has 1 fully saturated rings. The van der Waals surface area contributed by atoms with E-state index >= 15 is 0 Å². The summed E-state index contributed by atoms with van der Waals surface area (Å²) in [6, 6.07) is 0.558. The van der Waals surface area contributed by atoms with Gasteiger partial charge in [-0.05, 0) is 38.8 Å². The van der Waals surface area contributed by atoms with Gasteiger partial charge in [-0.2, -0.15) is 0 Å². The number of carbonyl (C=O) groups excluding carboxylic acids is 1. The Morgan fingerprint density at radius 3 is 2.61 bits per heavy atom. The molecule has 1 N–H and O–H groups in total. The van der Waals surface area contributed by atoms with Crippen LogP contribution in [0.1, 0.15) is 33.6 Å². The Balaban J connectivity index is 2.45. The number of piperidine rings is 1. The summed E-state index contributed by atoms with van der Waals surface area (Å²) in [6.07, 6.45) is 2.48. The van der Waals surface area contributed by atoms with E-state index in [1.807, 2.05) is 21.0 Å². The van der Waals surface area contributed by atoms with Crippen LogP contribution in [0.3, 0.4) is 0 Å². The van der Waals surface area contributed by atoms with E-state index in [1.165, 1.54) is 12.8 Å². The summed E-state index contributed by atoms with van der Waals surface area (Å²) in [7, 11) is 3.67. The highest BCUT2D eigenvalue weighted by Gasteiger charge is 2.27. The van der Waals surface area contributed by atoms with Gasteiger partial charge in [-0.15, -0.1) is 0 Å². The second-order valence-electron chi connectivity index (χ2n) is 5.97. The maximum absolute atomic E-state index is 12.0. The predicted molar refractivity (Wildman–Crippen MR) is 75.6 cm³/mol. The number of amides is 1. The molecule has 0 bridgehead atoms. The van der Waals surface area contributed by atoms with Crippen LogP contribution in [0, 0.1) is 5.92 Å². The van der Waals surface area contributed by atoms with Gasteiger partial charge in [0.15, 0.2) is 0 Å². The third-order valence-electron chi connectivity index (χ3n) is 3.71. The summed E-state index contributed by atoms with van der Waals surface area (Å²) < 4.78 is 0. The van der Waals surface area contributed by atoms with Crippen LogP contribution < -0.4 is 5.32 Å². The Hall–Kier alpha value is -0.610. The molecular weight excluding hydrogens is 226 g/mol. The topological polar surface area (TPSA) is 35.6 Å². The minimum Gasteiger partial charge on any atom is -0.347 e. The fourth-order valence-electron chi connectivity index (χ4n) is 2.55. The third kappa shape index (κ3) is 4.58. The molecule has 4 nitrogen and oxygen atoms in total. The second-order valence-corrected chi connectivity index (χ2v) is 5.97. The number of rotatable bonds is 5. The maximum atomic E-state index is 12.0. The van der Waals surface area contributed by atoms with Crippen molar-refractivity contribution in [3.63, 3.8) is 0 Å². The fourth-order valence-corrected chi connectivity index (χ4v) is 2.55. The van der Waals surface area contributed by atoms with Crippen molar-refractivity contribution in [3.8, 4) is 0 Å². The quantitative estimate of drug-likeness (QED) is 0.801. The molecule has 2 atom stereocenters. The molecule has 1 rings (SSSR count). The SMILES string of the molecule is CC(C)NCC1CCCN(C(C)C(=O)N(C)C)C1. The van der Waals surface area contributed by atoms with Crippen LogP contribution in [0.2, 0.25) is 0 Å². The molecule has 1 amide bonds. The Kier molecular flexibility index (Phi) is 6.09. The highest BCUT2D eigenvalue weighted by Crippen LogP contribution is 2.18. The van der Waals surface area contributed by atoms with Gasteiger partial charge in [-0.1, -0.05) is 13.8 Å². The summed E-state index contributed by atoms with van der Waals surface area (Å²) in [5, 5.41) is 3.50. The molecule has 2 unspecified atom stereocenters. The van der Waals surface area contributed by atoms with E-state index in [0.29, 0.717) is 12.0 Å². The lowest BCUT2D eigenvalue weighted by atomic mass is 9.96. The number of nitrogens with one attached hydrogen (secondary N) is 1. The lowest BCUT2D eigenvalue weighted by Crippen LogP contribution is -2.50. The first-order valence-electron chi connectivity index (χ1n) is 7.10. The minimum absolute atomic E-state index is 0.0156. The molecule has 1 aliphatic rings. The lowest BCUT2D eigenvalue weighted by molar-refractivity contribution is -0.134. The molecule has 4 heteroatoms. The Morgan fingerprint density at radius 2 is 2.06 bits per heavy atom. The minimum atomic E-state index is 0.0156. The summed E-state index contributed by atoms with van der Waals surface area (Å²) >= 11 is 0. The highest BCUT2D eigenvalue weighted by molar-refractivity contribution is 5.80. The average molecular weight is 255 g/mol. The van der Waals surface area contributed by atoms with Crippen LogP contribution in [0.25, 0.3) is 0 Å². The average Bonchev–Trinajstić information content (AvgIpc) is 2.34. The van der Waals surface area contributed by atoms with Crippen LogP contribution in [0.5, 0.6) is 0 Å². The fraction of sp³-hybridized carbons (Fsp3) is 0.929. The first-order chi connectivity index (χ1) is 8.41. The van der Waals surface area contributed by atoms with E-state index in [2.05, 4.69) is 24.1 Å². The van der Waals surface area contributed by atoms with Gasteiger partial charge in [0.2, 0.25) is 5.91 Å². The molecule has 1 heterocycles. The summed E-state index contributed by atoms with van der Waals surface area (Å²) in [5.41, 5.74) is 0. The van der Waals surface area contributed by atoms with Gasteiger partial charge in [0, 0.05) is 26.7 Å². The van der Waals surface area contributed by atoms with E-state index in [9.17, 15) is 4.79 Å². The van der Waals surface area contributed by atoms with Crippen molar-refractivity contribution in [1.29, 1.82) is 0 Å². The van der Waals surface area contributed by atoms with Gasteiger partial charge in [0.1, 0.15) is 0 Å². The van der Waals surface area contributed by atoms with E-state index in [-0.39, 0.29) is 11.9 Å². The van der Waals surface area contributed by atoms with Crippen LogP contribution in [-0.4, -0.2) is 61.5 Å². The van der Waals surface area contributed by atoms with Gasteiger partial charge in [-0.3, -0.25) is 9.69 Å². The number of carbonyl (C=O) groups is 1. The van der Waals surface area contributed by atoms with Crippen molar-refractivity contribution in [2.45, 2.75) is 45.7 Å². The zero-order valence-electron chi connectivity index (χ0n) is 12.6. The van der Waals surface area contributed by atoms with Crippen molar-refractivity contribution < 1.29 is 4.79 Å². The summed E-state index contributed by atoms with van der Waals surface area (Å²) in [4.78, 5) is 16.0. The first-order valence-corrected chi connectivity index (χ1v) is 7.10. The summed E-state index contributed by atoms with van der Waals surface area (Å²) in [5.74, 6) is 0.894. The molecule has 1 aliphatic heterocycles. The molecule has 0 aromatic heterocycles. The van der Waals surface area contributed by atoms with Crippen LogP contribution in [-0.2, 0) is 4.79 Å². The van der Waals surface area contributed by atoms with E-state index in [4.69, 9.17) is 0 Å². The van der Waals surface area contributed by atoms with E-state index < -0.39 is 0 Å². The monoisotopic (exact) mass is 255 g/mol. The molecular formula is C14H29N3O. The number of likely N-dealkylation sites (N-methyl/N-ethyl adjacent to an activating group) is 1. The standard InChI is InChI=1S/C14H29N3O/c1-11(2)15-9-13-7-6-8-17(10-13)12(3)14(18)16(4)5/h11-13,15H,6-10H2,1-5H3. The molecule has 0 spiro atoms. The van der Waals surface area contributed by atoms with Crippen molar-refractivity contribution >= 4 is 5.91 Å². The Bertz CT molecular complexity index is 266. The van der Waals surface area contributed by atoms with E-state index in [1.54, 1.807) is 4.90 Å². The zero-order valence-corrected chi connectivity index (χ0v) is 12.6. The van der Waals surface area contributed by atoms with Gasteiger partial charge in [0.05, 0.1) is 6.04 Å². The lowest BCUT2D eigenvalue weighted by Gasteiger charge is -2.37. The van der Waals surface area contributed by atoms with Crippen molar-refractivity contribution in [2.75, 3.05) is 33.7 Å². The third-order valence-corrected chi connectivity index (χ3v) is 3.71. The van der Waals surface area contributed by atoms with Crippen LogP contribution in [0.15, 0.2) is 0 Å². The molecule has 0 radical (unpaired) electrons. The van der Waals surface area contributed by atoms with Crippen molar-refractivity contribution in [2.24, 2.45) is 5.92 Å². The van der Waals surface area contributed by atoms with Gasteiger partial charge < -0.3 is 10.2 Å². The molecule has 0 aliphatic carbocycles. The normalized spacial score (nSPS) is 23.1. The number of likely N-dealkylation sites (tertiary alicyclic amines) is 1. The predicted octanol–water partition coefficient (Wildman–Crippen LogP) is 1.17. The van der Waals surface area contributed by atoms with Crippen LogP contribution in [0.4, 0.5) is 0 Å². The number of hydrogen-bond donors (Lipinski definition) is 1. The number of nitrogens with zero attached hydrogens (tertiary/aromatic N) is 2. The zero-order chi connectivity index (χ0) is 13.7. The number of hydrogen-bond acceptors (Lipinski definition) is 3.